The minimum absolute atomic E-state index is 0.0233. The van der Waals surface area contributed by atoms with Crippen LogP contribution in [0.15, 0.2) is 67.0 Å². The summed E-state index contributed by atoms with van der Waals surface area (Å²) < 4.78 is 37.1. The van der Waals surface area contributed by atoms with Gasteiger partial charge in [0.25, 0.3) is 0 Å². The van der Waals surface area contributed by atoms with Gasteiger partial charge in [-0.15, -0.1) is 0 Å². The summed E-state index contributed by atoms with van der Waals surface area (Å²) in [5.41, 5.74) is 6.98. The average molecular weight is 605 g/mol. The number of nitrogens with two attached hydrogens (primary N) is 1. The third kappa shape index (κ3) is 6.66. The molecule has 0 radical (unpaired) electrons. The molecule has 2 unspecified atom stereocenters. The molecular weight excluding hydrogens is 579 g/mol. The molecule has 14 nitrogen and oxygen atoms in total. The Morgan fingerprint density at radius 3 is 2.54 bits per heavy atom. The Labute approximate surface area is 238 Å². The summed E-state index contributed by atoms with van der Waals surface area (Å²) in [6, 6.07) is 17.2. The van der Waals surface area contributed by atoms with Crippen molar-refractivity contribution in [2.24, 2.45) is 0 Å². The van der Waals surface area contributed by atoms with E-state index >= 15 is 0 Å². The lowest BCUT2D eigenvalue weighted by molar-refractivity contribution is -0.143. The third-order valence-corrected chi connectivity index (χ3v) is 7.84. The largest absolute Gasteiger partial charge is 0.460 e. The van der Waals surface area contributed by atoms with Gasteiger partial charge in [-0.25, -0.2) is 24.6 Å². The quantitative estimate of drug-likeness (QED) is 0.111. The minimum atomic E-state index is -4.23. The second kappa shape index (κ2) is 12.5. The lowest BCUT2D eigenvalue weighted by Crippen LogP contribution is -2.34. The molecule has 1 aliphatic heterocycles. The lowest BCUT2D eigenvalue weighted by Gasteiger charge is -2.22. The number of hydrogen-bond acceptors (Lipinski definition) is 12. The highest BCUT2D eigenvalue weighted by molar-refractivity contribution is 7.52. The molecule has 0 aliphatic carbocycles. The molecule has 1 fully saturated rings. The minimum Gasteiger partial charge on any atom is -0.460 e. The van der Waals surface area contributed by atoms with Crippen molar-refractivity contribution >= 4 is 42.3 Å². The summed E-state index contributed by atoms with van der Waals surface area (Å²) in [4.78, 5) is 24.4. The van der Waals surface area contributed by atoms with Crippen LogP contribution in [-0.4, -0.2) is 67.2 Å². The molecule has 0 saturated carbocycles. The van der Waals surface area contributed by atoms with Gasteiger partial charge in [0.05, 0.1) is 6.61 Å². The second-order valence-electron chi connectivity index (χ2n) is 8.91. The Bertz CT molecular complexity index is 1550. The number of nitrogen functional groups attached to an aromatic ring is 1. The van der Waals surface area contributed by atoms with Gasteiger partial charge in [-0.05, 0) is 29.3 Å². The van der Waals surface area contributed by atoms with E-state index in [1.165, 1.54) is 10.9 Å². The highest BCUT2D eigenvalue weighted by atomic mass is 35.5. The fraction of sp³-hybridized carbons (Fsp3) is 0.280. The van der Waals surface area contributed by atoms with Crippen molar-refractivity contribution < 1.29 is 38.1 Å². The van der Waals surface area contributed by atoms with E-state index in [9.17, 15) is 19.6 Å². The van der Waals surface area contributed by atoms with E-state index in [2.05, 4.69) is 20.0 Å². The molecule has 0 bridgehead atoms. The van der Waals surface area contributed by atoms with Crippen molar-refractivity contribution in [3.63, 3.8) is 0 Å². The molecule has 1 saturated heterocycles. The number of benzene rings is 2. The van der Waals surface area contributed by atoms with Crippen LogP contribution in [0.25, 0.3) is 11.2 Å². The first-order valence-corrected chi connectivity index (χ1v) is 14.3. The Morgan fingerprint density at radius 1 is 1.10 bits per heavy atom. The van der Waals surface area contributed by atoms with Gasteiger partial charge in [0.1, 0.15) is 43.5 Å². The molecule has 5 atom stereocenters. The van der Waals surface area contributed by atoms with Crippen LogP contribution in [0.1, 0.15) is 11.8 Å². The SMILES string of the molecule is Nc1ncnc2c1nc(Cl)n2C1O[C@H](COP(=O)(NCC(=O)OCc2ccccc2)Oc2ccccc2)[C@@H](O)[C@H]1O. The van der Waals surface area contributed by atoms with Gasteiger partial charge in [0.2, 0.25) is 5.28 Å². The number of carbonyl (C=O) groups is 1. The van der Waals surface area contributed by atoms with Crippen molar-refractivity contribution in [3.8, 4) is 5.75 Å². The number of nitrogens with zero attached hydrogens (tertiary/aromatic N) is 4. The van der Waals surface area contributed by atoms with Crippen LogP contribution in [0.4, 0.5) is 5.82 Å². The van der Waals surface area contributed by atoms with E-state index in [-0.39, 0.29) is 34.6 Å². The molecule has 0 amide bonds. The Morgan fingerprint density at radius 2 is 1.80 bits per heavy atom. The standard InChI is InChI=1S/C25H26ClN6O8P/c26-25-31-19-22(27)28-14-29-23(19)32(25)24-21(35)20(34)17(39-24)13-38-41(36,40-16-9-5-2-6-10-16)30-11-18(33)37-12-15-7-3-1-4-8-15/h1-10,14,17,20-21,24,34-35H,11-13H2,(H,30,36)(H2,27,28,29)/t17-,20-,21-,24?,41?/m1/s1. The number of esters is 1. The Balaban J connectivity index is 1.27. The van der Waals surface area contributed by atoms with Crippen LogP contribution in [0.2, 0.25) is 5.28 Å². The van der Waals surface area contributed by atoms with Gasteiger partial charge in [-0.1, -0.05) is 48.5 Å². The molecule has 0 spiro atoms. The van der Waals surface area contributed by atoms with Crippen LogP contribution in [0.3, 0.4) is 0 Å². The molecule has 2 aromatic heterocycles. The van der Waals surface area contributed by atoms with E-state index < -0.39 is 51.4 Å². The molecule has 4 aromatic rings. The zero-order valence-corrected chi connectivity index (χ0v) is 23.0. The first-order valence-electron chi connectivity index (χ1n) is 12.3. The monoisotopic (exact) mass is 604 g/mol. The lowest BCUT2D eigenvalue weighted by atomic mass is 10.1. The maximum Gasteiger partial charge on any atom is 0.459 e. The van der Waals surface area contributed by atoms with Crippen molar-refractivity contribution in [2.75, 3.05) is 18.9 Å². The molecule has 216 valence electrons. The molecule has 5 rings (SSSR count). The van der Waals surface area contributed by atoms with E-state index in [4.69, 9.17) is 35.9 Å². The number of anilines is 1. The zero-order chi connectivity index (χ0) is 29.0. The number of para-hydroxylation sites is 1. The Hall–Kier alpha value is -3.62. The van der Waals surface area contributed by atoms with Crippen molar-refractivity contribution in [2.45, 2.75) is 31.1 Å². The second-order valence-corrected chi connectivity index (χ2v) is 11.0. The number of halogens is 1. The first-order chi connectivity index (χ1) is 19.7. The normalized spacial score (nSPS) is 21.9. The summed E-state index contributed by atoms with van der Waals surface area (Å²) in [6.07, 6.45) is -4.22. The van der Waals surface area contributed by atoms with Crippen molar-refractivity contribution in [3.05, 3.63) is 77.8 Å². The molecule has 2 aromatic carbocycles. The van der Waals surface area contributed by atoms with Crippen LogP contribution in [0.5, 0.6) is 5.75 Å². The summed E-state index contributed by atoms with van der Waals surface area (Å²) in [5.74, 6) is -0.443. The predicted octanol–water partition coefficient (Wildman–Crippen LogP) is 2.22. The van der Waals surface area contributed by atoms with Gasteiger partial charge in [-0.3, -0.25) is 13.9 Å². The number of imidazole rings is 1. The number of hydrogen-bond donors (Lipinski definition) is 4. The van der Waals surface area contributed by atoms with Crippen LogP contribution < -0.4 is 15.3 Å². The summed E-state index contributed by atoms with van der Waals surface area (Å²) in [7, 11) is -4.23. The first kappa shape index (κ1) is 28.9. The average Bonchev–Trinajstić information content (AvgIpc) is 3.46. The number of nitrogens with one attached hydrogen (secondary N) is 1. The van der Waals surface area contributed by atoms with E-state index in [1.807, 2.05) is 18.2 Å². The number of aliphatic hydroxyl groups excluding tert-OH is 2. The summed E-state index contributed by atoms with van der Waals surface area (Å²) in [6.45, 7) is -0.990. The molecule has 1 aliphatic rings. The fourth-order valence-electron chi connectivity index (χ4n) is 4.05. The topological polar surface area (TPSA) is 193 Å². The number of ether oxygens (including phenoxy) is 2. The van der Waals surface area contributed by atoms with Crippen LogP contribution in [-0.2, 0) is 30.0 Å². The Kier molecular flexibility index (Phi) is 8.80. The number of rotatable bonds is 11. The maximum absolute atomic E-state index is 13.7. The summed E-state index contributed by atoms with van der Waals surface area (Å²) >= 11 is 6.26. The van der Waals surface area contributed by atoms with Gasteiger partial charge >= 0.3 is 13.7 Å². The molecule has 16 heteroatoms. The summed E-state index contributed by atoms with van der Waals surface area (Å²) in [5, 5.41) is 23.8. The molecule has 41 heavy (non-hydrogen) atoms. The van der Waals surface area contributed by atoms with E-state index in [0.29, 0.717) is 0 Å². The van der Waals surface area contributed by atoms with Gasteiger partial charge in [0, 0.05) is 0 Å². The van der Waals surface area contributed by atoms with E-state index in [1.54, 1.807) is 42.5 Å². The van der Waals surface area contributed by atoms with Gasteiger partial charge in [0.15, 0.2) is 23.2 Å². The number of fused-ring (bicyclic) bond motifs is 1. The third-order valence-electron chi connectivity index (χ3n) is 6.09. The zero-order valence-electron chi connectivity index (χ0n) is 21.3. The van der Waals surface area contributed by atoms with Crippen molar-refractivity contribution in [1.82, 2.24) is 24.6 Å². The van der Waals surface area contributed by atoms with Crippen molar-refractivity contribution in [1.29, 1.82) is 0 Å². The number of aromatic nitrogens is 4. The smallest absolute Gasteiger partial charge is 0.459 e. The van der Waals surface area contributed by atoms with Crippen LogP contribution >= 0.6 is 19.3 Å². The van der Waals surface area contributed by atoms with E-state index in [0.717, 1.165) is 5.56 Å². The molecule has 5 N–H and O–H groups in total. The highest BCUT2D eigenvalue weighted by Crippen LogP contribution is 2.45. The predicted molar refractivity (Wildman–Crippen MR) is 146 cm³/mol. The molecule has 3 heterocycles. The highest BCUT2D eigenvalue weighted by Gasteiger charge is 2.46. The van der Waals surface area contributed by atoms with Crippen LogP contribution in [0, 0.1) is 0 Å². The van der Waals surface area contributed by atoms with Gasteiger partial charge < -0.3 is 29.9 Å². The number of carbonyl (C=O) groups excluding carboxylic acids is 1. The number of aliphatic hydroxyl groups is 2. The van der Waals surface area contributed by atoms with Gasteiger partial charge in [-0.2, -0.15) is 0 Å². The molecular formula is C25H26ClN6O8P. The maximum atomic E-state index is 13.7. The fourth-order valence-corrected chi connectivity index (χ4v) is 5.59.